The first-order chi connectivity index (χ1) is 11.5. The molecule has 0 aliphatic carbocycles. The van der Waals surface area contributed by atoms with Crippen LogP contribution in [0.15, 0.2) is 9.59 Å². The first-order valence-electron chi connectivity index (χ1n) is 8.61. The first-order valence-corrected chi connectivity index (χ1v) is 8.61. The van der Waals surface area contributed by atoms with Crippen molar-refractivity contribution in [2.75, 3.05) is 26.3 Å². The first kappa shape index (κ1) is 16.9. The van der Waals surface area contributed by atoms with E-state index in [2.05, 4.69) is 11.9 Å². The van der Waals surface area contributed by atoms with Gasteiger partial charge in [-0.05, 0) is 6.42 Å². The molecule has 0 amide bonds. The molecule has 24 heavy (non-hydrogen) atoms. The smallest absolute Gasteiger partial charge is 0.332 e. The highest BCUT2D eigenvalue weighted by Gasteiger charge is 2.23. The minimum absolute atomic E-state index is 0.264. The van der Waals surface area contributed by atoms with E-state index in [9.17, 15) is 9.59 Å². The van der Waals surface area contributed by atoms with Crippen molar-refractivity contribution in [3.8, 4) is 0 Å². The van der Waals surface area contributed by atoms with Gasteiger partial charge in [0.2, 0.25) is 0 Å². The van der Waals surface area contributed by atoms with Crippen LogP contribution in [-0.4, -0.2) is 45.0 Å². The van der Waals surface area contributed by atoms with Gasteiger partial charge in [-0.1, -0.05) is 13.3 Å². The number of rotatable bonds is 5. The topological polar surface area (TPSA) is 75.5 Å². The predicted octanol–water partition coefficient (Wildman–Crippen LogP) is -1.35. The Bertz CT molecular complexity index is 842. The Labute approximate surface area is 140 Å². The van der Waals surface area contributed by atoms with Crippen molar-refractivity contribution in [2.45, 2.75) is 32.9 Å². The van der Waals surface area contributed by atoms with Gasteiger partial charge in [-0.15, -0.1) is 0 Å². The molecule has 1 aliphatic rings. The number of fused-ring (bicyclic) bond motifs is 1. The normalized spacial score (nSPS) is 16.1. The van der Waals surface area contributed by atoms with Crippen molar-refractivity contribution in [1.82, 2.24) is 18.7 Å². The van der Waals surface area contributed by atoms with Crippen LogP contribution in [0.4, 0.5) is 0 Å². The molecule has 0 radical (unpaired) electrons. The van der Waals surface area contributed by atoms with Gasteiger partial charge in [-0.2, -0.15) is 0 Å². The lowest BCUT2D eigenvalue weighted by Crippen LogP contribution is -3.12. The molecule has 0 atom stereocenters. The van der Waals surface area contributed by atoms with E-state index in [1.54, 1.807) is 7.05 Å². The molecule has 0 spiro atoms. The predicted molar refractivity (Wildman–Crippen MR) is 90.3 cm³/mol. The Morgan fingerprint density at radius 3 is 2.54 bits per heavy atom. The van der Waals surface area contributed by atoms with Gasteiger partial charge in [0, 0.05) is 20.6 Å². The molecule has 3 rings (SSSR count). The summed E-state index contributed by atoms with van der Waals surface area (Å²) in [4.78, 5) is 30.9. The summed E-state index contributed by atoms with van der Waals surface area (Å²) in [6.07, 6.45) is 2.01. The molecule has 8 nitrogen and oxygen atoms in total. The van der Waals surface area contributed by atoms with Crippen LogP contribution in [0.1, 0.15) is 25.6 Å². The van der Waals surface area contributed by atoms with E-state index in [-0.39, 0.29) is 11.2 Å². The number of nitrogens with zero attached hydrogens (tertiary/aromatic N) is 4. The molecular formula is C16H26N5O3+. The van der Waals surface area contributed by atoms with Crippen molar-refractivity contribution in [2.24, 2.45) is 14.1 Å². The number of nitrogens with one attached hydrogen (secondary N) is 1. The number of quaternary nitrogens is 1. The van der Waals surface area contributed by atoms with Gasteiger partial charge >= 0.3 is 5.69 Å². The van der Waals surface area contributed by atoms with Crippen LogP contribution in [-0.2, 0) is 31.9 Å². The molecule has 1 N–H and O–H groups in total. The van der Waals surface area contributed by atoms with E-state index in [4.69, 9.17) is 4.74 Å². The van der Waals surface area contributed by atoms with Crippen LogP contribution in [0.25, 0.3) is 11.2 Å². The summed E-state index contributed by atoms with van der Waals surface area (Å²) in [5, 5.41) is 0. The molecule has 1 aliphatic heterocycles. The molecule has 3 heterocycles. The molecule has 2 aromatic heterocycles. The fraction of sp³-hybridized carbons (Fsp3) is 0.688. The molecule has 132 valence electrons. The van der Waals surface area contributed by atoms with E-state index in [1.807, 2.05) is 4.57 Å². The molecule has 0 saturated carbocycles. The van der Waals surface area contributed by atoms with Crippen LogP contribution in [0, 0.1) is 0 Å². The Kier molecular flexibility index (Phi) is 4.86. The average Bonchev–Trinajstić information content (AvgIpc) is 2.95. The largest absolute Gasteiger partial charge is 0.370 e. The highest BCUT2D eigenvalue weighted by molar-refractivity contribution is 5.71. The fourth-order valence-electron chi connectivity index (χ4n) is 3.24. The molecule has 2 aromatic rings. The van der Waals surface area contributed by atoms with Gasteiger partial charge in [0.05, 0.1) is 13.2 Å². The Balaban J connectivity index is 2.13. The Morgan fingerprint density at radius 1 is 1.17 bits per heavy atom. The highest BCUT2D eigenvalue weighted by atomic mass is 16.5. The minimum Gasteiger partial charge on any atom is -0.370 e. The highest BCUT2D eigenvalue weighted by Crippen LogP contribution is 2.12. The van der Waals surface area contributed by atoms with Crippen molar-refractivity contribution in [3.63, 3.8) is 0 Å². The molecule has 1 saturated heterocycles. The molecule has 0 unspecified atom stereocenters. The van der Waals surface area contributed by atoms with E-state index < -0.39 is 0 Å². The van der Waals surface area contributed by atoms with Gasteiger partial charge in [0.15, 0.2) is 17.0 Å². The molecule has 0 bridgehead atoms. The van der Waals surface area contributed by atoms with Crippen molar-refractivity contribution in [3.05, 3.63) is 26.7 Å². The Hall–Kier alpha value is -1.93. The van der Waals surface area contributed by atoms with E-state index >= 15 is 0 Å². The minimum atomic E-state index is -0.335. The second kappa shape index (κ2) is 6.90. The van der Waals surface area contributed by atoms with E-state index in [0.29, 0.717) is 11.2 Å². The third kappa shape index (κ3) is 2.91. The van der Waals surface area contributed by atoms with Gasteiger partial charge < -0.3 is 14.2 Å². The zero-order chi connectivity index (χ0) is 17.3. The lowest BCUT2D eigenvalue weighted by atomic mass is 10.3. The van der Waals surface area contributed by atoms with Crippen LogP contribution in [0.5, 0.6) is 0 Å². The van der Waals surface area contributed by atoms with E-state index in [1.165, 1.54) is 16.5 Å². The number of morpholine rings is 1. The van der Waals surface area contributed by atoms with Crippen LogP contribution in [0.2, 0.25) is 0 Å². The number of hydrogen-bond donors (Lipinski definition) is 1. The van der Waals surface area contributed by atoms with Crippen molar-refractivity contribution >= 4 is 11.2 Å². The third-order valence-electron chi connectivity index (χ3n) is 4.77. The number of imidazole rings is 1. The molecule has 8 heteroatoms. The quantitative estimate of drug-likeness (QED) is 0.732. The monoisotopic (exact) mass is 336 g/mol. The SMILES string of the molecule is CCCCn1c(C[NH+]2CCOCC2)nc2c1c(=O)n(C)c(=O)n2C. The molecular weight excluding hydrogens is 310 g/mol. The number of aryl methyl sites for hydroxylation is 2. The van der Waals surface area contributed by atoms with Crippen LogP contribution < -0.4 is 16.1 Å². The molecule has 1 fully saturated rings. The van der Waals surface area contributed by atoms with E-state index in [0.717, 1.165) is 62.6 Å². The summed E-state index contributed by atoms with van der Waals surface area (Å²) >= 11 is 0. The van der Waals surface area contributed by atoms with Crippen LogP contribution in [0.3, 0.4) is 0 Å². The number of hydrogen-bond acceptors (Lipinski definition) is 4. The van der Waals surface area contributed by atoms with Gasteiger partial charge in [0.25, 0.3) is 5.56 Å². The summed E-state index contributed by atoms with van der Waals surface area (Å²) in [5.41, 5.74) is 0.426. The lowest BCUT2D eigenvalue weighted by Gasteiger charge is -2.23. The maximum absolute atomic E-state index is 12.7. The number of unbranched alkanes of at least 4 members (excludes halogenated alkanes) is 1. The second-order valence-corrected chi connectivity index (χ2v) is 6.45. The standard InChI is InChI=1S/C16H25N5O3/c1-4-5-6-21-12(11-20-7-9-24-10-8-20)17-14-13(21)15(22)19(3)16(23)18(14)2/h4-11H2,1-3H3/p+1. The fourth-order valence-corrected chi connectivity index (χ4v) is 3.24. The molecule has 0 aromatic carbocycles. The maximum Gasteiger partial charge on any atom is 0.332 e. The summed E-state index contributed by atoms with van der Waals surface area (Å²) in [7, 11) is 3.20. The van der Waals surface area contributed by atoms with Crippen molar-refractivity contribution < 1.29 is 9.64 Å². The van der Waals surface area contributed by atoms with Crippen LogP contribution >= 0.6 is 0 Å². The zero-order valence-corrected chi connectivity index (χ0v) is 14.7. The number of ether oxygens (including phenoxy) is 1. The zero-order valence-electron chi connectivity index (χ0n) is 14.7. The Morgan fingerprint density at radius 2 is 1.88 bits per heavy atom. The number of aromatic nitrogens is 4. The maximum atomic E-state index is 12.7. The third-order valence-corrected chi connectivity index (χ3v) is 4.77. The second-order valence-electron chi connectivity index (χ2n) is 6.45. The summed E-state index contributed by atoms with van der Waals surface area (Å²) in [6.45, 7) is 7.01. The summed E-state index contributed by atoms with van der Waals surface area (Å²) < 4.78 is 10.1. The summed E-state index contributed by atoms with van der Waals surface area (Å²) in [5.74, 6) is 0.883. The lowest BCUT2D eigenvalue weighted by molar-refractivity contribution is -0.922. The summed E-state index contributed by atoms with van der Waals surface area (Å²) in [6, 6.07) is 0. The average molecular weight is 336 g/mol. The van der Waals surface area contributed by atoms with Gasteiger partial charge in [-0.25, -0.2) is 9.78 Å². The van der Waals surface area contributed by atoms with Gasteiger partial charge in [-0.3, -0.25) is 13.9 Å². The van der Waals surface area contributed by atoms with Crippen molar-refractivity contribution in [1.29, 1.82) is 0 Å². The van der Waals surface area contributed by atoms with Gasteiger partial charge in [0.1, 0.15) is 19.6 Å².